The maximum Gasteiger partial charge on any atom is 0.258 e. The van der Waals surface area contributed by atoms with E-state index in [1.54, 1.807) is 12.3 Å². The lowest BCUT2D eigenvalue weighted by molar-refractivity contribution is 0.0904. The maximum atomic E-state index is 13.5. The van der Waals surface area contributed by atoms with E-state index >= 15 is 0 Å². The largest absolute Gasteiger partial charge is 0.381 e. The number of halogens is 2. The molecule has 3 N–H and O–H groups in total. The van der Waals surface area contributed by atoms with Crippen LogP contribution >= 0.6 is 0 Å². The summed E-state index contributed by atoms with van der Waals surface area (Å²) in [4.78, 5) is 17.5. The number of ether oxygens (including phenoxy) is 1. The minimum atomic E-state index is -0.597. The lowest BCUT2D eigenvalue weighted by atomic mass is 10.0. The Labute approximate surface area is 200 Å². The fourth-order valence-corrected chi connectivity index (χ4v) is 4.27. The molecule has 2 aromatic heterocycles. The number of H-pyrrole nitrogens is 1. The number of amides is 1. The van der Waals surface area contributed by atoms with Gasteiger partial charge >= 0.3 is 0 Å². The predicted molar refractivity (Wildman–Crippen MR) is 130 cm³/mol. The molecule has 1 aliphatic rings. The molecule has 0 bridgehead atoms. The number of rotatable bonds is 7. The lowest BCUT2D eigenvalue weighted by Gasteiger charge is -2.25. The number of pyridine rings is 1. The number of anilines is 2. The summed E-state index contributed by atoms with van der Waals surface area (Å²) in [5.41, 5.74) is 3.19. The second-order valence-corrected chi connectivity index (χ2v) is 8.62. The number of fused-ring (bicyclic) bond motifs is 1. The Hall–Kier alpha value is -3.85. The van der Waals surface area contributed by atoms with E-state index in [0.717, 1.165) is 30.2 Å². The van der Waals surface area contributed by atoms with Gasteiger partial charge in [0, 0.05) is 37.2 Å². The van der Waals surface area contributed by atoms with Crippen molar-refractivity contribution >= 4 is 28.4 Å². The number of hydrogen-bond donors (Lipinski definition) is 3. The third kappa shape index (κ3) is 5.46. The van der Waals surface area contributed by atoms with E-state index in [2.05, 4.69) is 25.8 Å². The van der Waals surface area contributed by atoms with Crippen LogP contribution in [0.4, 0.5) is 20.3 Å². The van der Waals surface area contributed by atoms with Gasteiger partial charge in [-0.05, 0) is 67.1 Å². The third-order valence-electron chi connectivity index (χ3n) is 6.08. The highest BCUT2D eigenvalue weighted by molar-refractivity contribution is 6.10. The summed E-state index contributed by atoms with van der Waals surface area (Å²) < 4.78 is 32.4. The summed E-state index contributed by atoms with van der Waals surface area (Å²) in [5.74, 6) is -1.02. The summed E-state index contributed by atoms with van der Waals surface area (Å²) in [7, 11) is 0. The van der Waals surface area contributed by atoms with Gasteiger partial charge in [0.1, 0.15) is 17.5 Å². The van der Waals surface area contributed by atoms with Gasteiger partial charge in [-0.2, -0.15) is 5.10 Å². The molecule has 35 heavy (non-hydrogen) atoms. The Morgan fingerprint density at radius 1 is 1.03 bits per heavy atom. The molecule has 1 amide bonds. The summed E-state index contributed by atoms with van der Waals surface area (Å²) in [6.07, 6.45) is 4.43. The first-order chi connectivity index (χ1) is 17.0. The number of carbonyl (C=O) groups is 1. The van der Waals surface area contributed by atoms with Crippen molar-refractivity contribution in [2.75, 3.05) is 23.8 Å². The zero-order valence-electron chi connectivity index (χ0n) is 19.0. The van der Waals surface area contributed by atoms with Crippen LogP contribution in [0.5, 0.6) is 0 Å². The predicted octanol–water partition coefficient (Wildman–Crippen LogP) is 4.86. The van der Waals surface area contributed by atoms with Gasteiger partial charge in [0.2, 0.25) is 0 Å². The molecule has 0 aliphatic carbocycles. The first kappa shape index (κ1) is 22.9. The number of nitrogens with one attached hydrogen (secondary N) is 3. The fourth-order valence-electron chi connectivity index (χ4n) is 4.27. The molecule has 180 valence electrons. The Bertz CT molecular complexity index is 1330. The Morgan fingerprint density at radius 3 is 2.57 bits per heavy atom. The molecule has 3 heterocycles. The minimum Gasteiger partial charge on any atom is -0.381 e. The molecule has 7 nitrogen and oxygen atoms in total. The molecular weight excluding hydrogens is 452 g/mol. The van der Waals surface area contributed by atoms with E-state index in [0.29, 0.717) is 54.0 Å². The monoisotopic (exact) mass is 477 g/mol. The molecule has 4 aromatic rings. The molecule has 0 saturated carbocycles. The average Bonchev–Trinajstić information content (AvgIpc) is 3.25. The van der Waals surface area contributed by atoms with Crippen LogP contribution in [0.25, 0.3) is 11.0 Å². The molecule has 0 radical (unpaired) electrons. The van der Waals surface area contributed by atoms with Crippen molar-refractivity contribution in [3.05, 3.63) is 83.1 Å². The number of nitrogens with zero attached hydrogens (tertiary/aromatic N) is 2. The van der Waals surface area contributed by atoms with Crippen molar-refractivity contribution in [3.8, 4) is 0 Å². The quantitative estimate of drug-likeness (QED) is 0.353. The van der Waals surface area contributed by atoms with Gasteiger partial charge in [-0.3, -0.25) is 9.89 Å². The molecule has 1 saturated heterocycles. The lowest BCUT2D eigenvalue weighted by Crippen LogP contribution is -2.29. The number of aryl methyl sites for hydroxylation is 2. The van der Waals surface area contributed by atoms with E-state index in [-0.39, 0.29) is 11.9 Å². The molecule has 1 fully saturated rings. The summed E-state index contributed by atoms with van der Waals surface area (Å²) in [5, 5.41) is 14.1. The van der Waals surface area contributed by atoms with Gasteiger partial charge in [-0.15, -0.1) is 0 Å². The van der Waals surface area contributed by atoms with Crippen molar-refractivity contribution in [2.24, 2.45) is 0 Å². The minimum absolute atomic E-state index is 0.254. The van der Waals surface area contributed by atoms with Gasteiger partial charge in [0.05, 0.1) is 10.9 Å². The molecule has 1 aliphatic heterocycles. The first-order valence-electron chi connectivity index (χ1n) is 11.6. The van der Waals surface area contributed by atoms with Crippen LogP contribution in [0, 0.1) is 11.6 Å². The highest BCUT2D eigenvalue weighted by Crippen LogP contribution is 2.24. The second-order valence-electron chi connectivity index (χ2n) is 8.62. The highest BCUT2D eigenvalue weighted by atomic mass is 19.1. The van der Waals surface area contributed by atoms with Crippen molar-refractivity contribution < 1.29 is 18.3 Å². The van der Waals surface area contributed by atoms with Gasteiger partial charge in [0.15, 0.2) is 5.65 Å². The zero-order chi connectivity index (χ0) is 24.2. The van der Waals surface area contributed by atoms with Gasteiger partial charge in [-0.1, -0.05) is 12.1 Å². The third-order valence-corrected chi connectivity index (χ3v) is 6.08. The SMILES string of the molecule is O=C(Nc1[nH]nc2ncc(CCc3cc(F)cc(F)c3)cc12)c1ccccc1NC1CCOCC1. The number of benzene rings is 2. The number of aromatic nitrogens is 3. The van der Waals surface area contributed by atoms with Crippen LogP contribution in [0.15, 0.2) is 54.7 Å². The van der Waals surface area contributed by atoms with E-state index in [1.165, 1.54) is 12.1 Å². The molecule has 0 spiro atoms. The summed E-state index contributed by atoms with van der Waals surface area (Å²) in [6, 6.07) is 13.0. The van der Waals surface area contributed by atoms with Crippen molar-refractivity contribution in [1.29, 1.82) is 0 Å². The van der Waals surface area contributed by atoms with Crippen LogP contribution in [-0.4, -0.2) is 40.3 Å². The Morgan fingerprint density at radius 2 is 1.77 bits per heavy atom. The van der Waals surface area contributed by atoms with Crippen LogP contribution in [0.1, 0.15) is 34.3 Å². The van der Waals surface area contributed by atoms with Crippen LogP contribution in [0.3, 0.4) is 0 Å². The molecule has 9 heteroatoms. The first-order valence-corrected chi connectivity index (χ1v) is 11.6. The standard InChI is InChI=1S/C26H25F2N5O2/c27-18-11-16(12-19(28)14-18)5-6-17-13-22-24(29-15-17)32-33-25(22)31-26(34)21-3-1-2-4-23(21)30-20-7-9-35-10-8-20/h1-4,11-15,20,30H,5-10H2,(H2,29,31,32,33,34). The maximum absolute atomic E-state index is 13.5. The van der Waals surface area contributed by atoms with Crippen LogP contribution in [-0.2, 0) is 17.6 Å². The Kier molecular flexibility index (Phi) is 6.67. The number of para-hydroxylation sites is 1. The van der Waals surface area contributed by atoms with Crippen molar-refractivity contribution in [3.63, 3.8) is 0 Å². The van der Waals surface area contributed by atoms with Gasteiger partial charge in [-0.25, -0.2) is 13.8 Å². The van der Waals surface area contributed by atoms with Crippen LogP contribution < -0.4 is 10.6 Å². The number of aromatic amines is 1. The normalized spacial score (nSPS) is 14.2. The number of hydrogen-bond acceptors (Lipinski definition) is 5. The molecule has 0 unspecified atom stereocenters. The van der Waals surface area contributed by atoms with Gasteiger partial charge < -0.3 is 15.4 Å². The summed E-state index contributed by atoms with van der Waals surface area (Å²) >= 11 is 0. The highest BCUT2D eigenvalue weighted by Gasteiger charge is 2.19. The van der Waals surface area contributed by atoms with Crippen LogP contribution in [0.2, 0.25) is 0 Å². The molecule has 5 rings (SSSR count). The zero-order valence-corrected chi connectivity index (χ0v) is 19.0. The smallest absolute Gasteiger partial charge is 0.258 e. The van der Waals surface area contributed by atoms with Gasteiger partial charge in [0.25, 0.3) is 5.91 Å². The second kappa shape index (κ2) is 10.2. The molecule has 0 atom stereocenters. The Balaban J connectivity index is 1.32. The topological polar surface area (TPSA) is 91.9 Å². The molecule has 2 aromatic carbocycles. The van der Waals surface area contributed by atoms with E-state index in [4.69, 9.17) is 4.74 Å². The van der Waals surface area contributed by atoms with E-state index in [1.807, 2.05) is 24.3 Å². The molecular formula is C26H25F2N5O2. The number of carbonyl (C=O) groups excluding carboxylic acids is 1. The average molecular weight is 478 g/mol. The fraction of sp³-hybridized carbons (Fsp3) is 0.269. The van der Waals surface area contributed by atoms with E-state index < -0.39 is 11.6 Å². The van der Waals surface area contributed by atoms with Crippen molar-refractivity contribution in [1.82, 2.24) is 15.2 Å². The van der Waals surface area contributed by atoms with Crippen molar-refractivity contribution in [2.45, 2.75) is 31.7 Å². The summed E-state index contributed by atoms with van der Waals surface area (Å²) in [6.45, 7) is 1.41. The van der Waals surface area contributed by atoms with E-state index in [9.17, 15) is 13.6 Å².